The second-order valence-electron chi connectivity index (χ2n) is 6.14. The summed E-state index contributed by atoms with van der Waals surface area (Å²) in [6, 6.07) is 4.51. The minimum atomic E-state index is -0.435. The summed E-state index contributed by atoms with van der Waals surface area (Å²) in [4.78, 5) is 23.3. The van der Waals surface area contributed by atoms with Crippen molar-refractivity contribution in [1.82, 2.24) is 10.7 Å². The van der Waals surface area contributed by atoms with E-state index in [9.17, 15) is 14.7 Å². The maximum atomic E-state index is 11.7. The van der Waals surface area contributed by atoms with Crippen molar-refractivity contribution in [3.05, 3.63) is 28.8 Å². The molecule has 0 fully saturated rings. The number of carbonyl (C=O) groups excluding carboxylic acids is 2. The van der Waals surface area contributed by atoms with Gasteiger partial charge in [0, 0.05) is 17.0 Å². The Balaban J connectivity index is 2.14. The van der Waals surface area contributed by atoms with Crippen LogP contribution in [0.5, 0.6) is 5.75 Å². The fourth-order valence-electron chi connectivity index (χ4n) is 2.35. The van der Waals surface area contributed by atoms with Crippen molar-refractivity contribution in [2.75, 3.05) is 6.54 Å². The van der Waals surface area contributed by atoms with Crippen molar-refractivity contribution in [1.29, 1.82) is 0 Å². The topological polar surface area (TPSA) is 90.8 Å². The maximum Gasteiger partial charge on any atom is 0.259 e. The van der Waals surface area contributed by atoms with E-state index in [1.54, 1.807) is 6.07 Å². The van der Waals surface area contributed by atoms with E-state index < -0.39 is 5.91 Å². The molecule has 0 aliphatic rings. The SMILES string of the molecule is CCCCCCCCCC(=O)NCC(=O)N/N=C\c1cc(Cl)ccc1O. The number of unbranched alkanes of at least 4 members (excludes halogenated alkanes) is 6. The van der Waals surface area contributed by atoms with Gasteiger partial charge in [0.15, 0.2) is 0 Å². The van der Waals surface area contributed by atoms with Gasteiger partial charge in [0.1, 0.15) is 5.75 Å². The maximum absolute atomic E-state index is 11.7. The number of aromatic hydroxyl groups is 1. The van der Waals surface area contributed by atoms with Crippen LogP contribution in [-0.4, -0.2) is 29.7 Å². The lowest BCUT2D eigenvalue weighted by Gasteiger charge is -2.04. The van der Waals surface area contributed by atoms with Crippen LogP contribution in [0.15, 0.2) is 23.3 Å². The average molecular weight is 382 g/mol. The van der Waals surface area contributed by atoms with Gasteiger partial charge in [0.25, 0.3) is 5.91 Å². The van der Waals surface area contributed by atoms with Gasteiger partial charge in [0.05, 0.1) is 12.8 Å². The Kier molecular flexibility index (Phi) is 11.1. The van der Waals surface area contributed by atoms with Crippen molar-refractivity contribution >= 4 is 29.6 Å². The normalized spacial score (nSPS) is 10.8. The number of hydrogen-bond acceptors (Lipinski definition) is 4. The minimum absolute atomic E-state index is 0.00963. The third-order valence-corrected chi connectivity index (χ3v) is 4.07. The first-order valence-electron chi connectivity index (χ1n) is 9.10. The van der Waals surface area contributed by atoms with Crippen LogP contribution < -0.4 is 10.7 Å². The van der Waals surface area contributed by atoms with Crippen LogP contribution in [0.2, 0.25) is 5.02 Å². The smallest absolute Gasteiger partial charge is 0.259 e. The summed E-state index contributed by atoms with van der Waals surface area (Å²) < 4.78 is 0. The number of nitrogens with one attached hydrogen (secondary N) is 2. The second-order valence-corrected chi connectivity index (χ2v) is 6.58. The number of benzene rings is 1. The Hall–Kier alpha value is -2.08. The third kappa shape index (κ3) is 10.0. The molecule has 26 heavy (non-hydrogen) atoms. The van der Waals surface area contributed by atoms with E-state index in [1.807, 2.05) is 0 Å². The molecule has 1 aromatic carbocycles. The Labute approximate surface area is 160 Å². The molecule has 0 radical (unpaired) electrons. The van der Waals surface area contributed by atoms with Gasteiger partial charge < -0.3 is 10.4 Å². The van der Waals surface area contributed by atoms with E-state index in [4.69, 9.17) is 11.6 Å². The number of hydrazone groups is 1. The first-order chi connectivity index (χ1) is 12.5. The highest BCUT2D eigenvalue weighted by molar-refractivity contribution is 6.30. The summed E-state index contributed by atoms with van der Waals surface area (Å²) in [5.74, 6) is -0.559. The summed E-state index contributed by atoms with van der Waals surface area (Å²) in [6.45, 7) is 2.06. The molecule has 0 aliphatic carbocycles. The molecule has 1 rings (SSSR count). The fourth-order valence-corrected chi connectivity index (χ4v) is 2.53. The van der Waals surface area contributed by atoms with E-state index >= 15 is 0 Å². The number of amides is 2. The number of nitrogens with zero attached hydrogens (tertiary/aromatic N) is 1. The lowest BCUT2D eigenvalue weighted by molar-refractivity contribution is -0.126. The summed E-state index contributed by atoms with van der Waals surface area (Å²) in [5.41, 5.74) is 2.68. The Morgan fingerprint density at radius 1 is 1.12 bits per heavy atom. The zero-order valence-corrected chi connectivity index (χ0v) is 16.0. The molecular weight excluding hydrogens is 354 g/mol. The summed E-state index contributed by atoms with van der Waals surface area (Å²) >= 11 is 5.82. The quantitative estimate of drug-likeness (QED) is 0.292. The zero-order valence-electron chi connectivity index (χ0n) is 15.3. The van der Waals surface area contributed by atoms with Crippen molar-refractivity contribution in [2.24, 2.45) is 5.10 Å². The number of phenolic OH excluding ortho intramolecular Hbond substituents is 1. The highest BCUT2D eigenvalue weighted by Crippen LogP contribution is 2.19. The molecule has 0 saturated heterocycles. The van der Waals surface area contributed by atoms with Gasteiger partial charge in [-0.2, -0.15) is 5.10 Å². The van der Waals surface area contributed by atoms with Crippen molar-refractivity contribution in [2.45, 2.75) is 58.3 Å². The van der Waals surface area contributed by atoms with Crippen LogP contribution >= 0.6 is 11.6 Å². The fraction of sp³-hybridized carbons (Fsp3) is 0.526. The molecule has 0 aliphatic heterocycles. The molecule has 0 aromatic heterocycles. The van der Waals surface area contributed by atoms with E-state index in [2.05, 4.69) is 22.8 Å². The van der Waals surface area contributed by atoms with Crippen LogP contribution in [0.4, 0.5) is 0 Å². The molecule has 144 valence electrons. The molecule has 0 unspecified atom stereocenters. The van der Waals surface area contributed by atoms with Gasteiger partial charge in [-0.25, -0.2) is 5.43 Å². The molecule has 1 aromatic rings. The van der Waals surface area contributed by atoms with Gasteiger partial charge in [-0.3, -0.25) is 9.59 Å². The van der Waals surface area contributed by atoms with E-state index in [0.29, 0.717) is 17.0 Å². The monoisotopic (exact) mass is 381 g/mol. The van der Waals surface area contributed by atoms with E-state index in [1.165, 1.54) is 44.0 Å². The van der Waals surface area contributed by atoms with Crippen molar-refractivity contribution in [3.8, 4) is 5.75 Å². The molecular formula is C19H28ClN3O3. The average Bonchev–Trinajstić information content (AvgIpc) is 2.62. The van der Waals surface area contributed by atoms with Crippen LogP contribution in [-0.2, 0) is 9.59 Å². The van der Waals surface area contributed by atoms with Gasteiger partial charge in [-0.15, -0.1) is 0 Å². The number of halogens is 1. The van der Waals surface area contributed by atoms with E-state index in [0.717, 1.165) is 19.3 Å². The lowest BCUT2D eigenvalue weighted by Crippen LogP contribution is -2.34. The lowest BCUT2D eigenvalue weighted by atomic mass is 10.1. The molecule has 2 amide bonds. The third-order valence-electron chi connectivity index (χ3n) is 3.84. The highest BCUT2D eigenvalue weighted by atomic mass is 35.5. The minimum Gasteiger partial charge on any atom is -0.507 e. The number of rotatable bonds is 12. The van der Waals surface area contributed by atoms with E-state index in [-0.39, 0.29) is 18.2 Å². The zero-order chi connectivity index (χ0) is 19.2. The van der Waals surface area contributed by atoms with Crippen molar-refractivity contribution in [3.63, 3.8) is 0 Å². The van der Waals surface area contributed by atoms with Gasteiger partial charge in [-0.1, -0.05) is 57.0 Å². The first kappa shape index (κ1) is 22.0. The Morgan fingerprint density at radius 2 is 1.81 bits per heavy atom. The predicted octanol–water partition coefficient (Wildman–Crippen LogP) is 3.75. The Morgan fingerprint density at radius 3 is 2.54 bits per heavy atom. The van der Waals surface area contributed by atoms with Gasteiger partial charge >= 0.3 is 0 Å². The number of phenols is 1. The van der Waals surface area contributed by atoms with Crippen LogP contribution in [0.1, 0.15) is 63.9 Å². The van der Waals surface area contributed by atoms with Gasteiger partial charge in [0.2, 0.25) is 5.91 Å². The summed E-state index contributed by atoms with van der Waals surface area (Å²) in [6.07, 6.45) is 9.74. The number of carbonyl (C=O) groups is 2. The molecule has 0 atom stereocenters. The molecule has 3 N–H and O–H groups in total. The molecule has 7 heteroatoms. The van der Waals surface area contributed by atoms with Crippen LogP contribution in [0.3, 0.4) is 0 Å². The molecule has 0 saturated carbocycles. The first-order valence-corrected chi connectivity index (χ1v) is 9.48. The summed E-state index contributed by atoms with van der Waals surface area (Å²) in [7, 11) is 0. The molecule has 0 heterocycles. The van der Waals surface area contributed by atoms with Crippen molar-refractivity contribution < 1.29 is 14.7 Å². The van der Waals surface area contributed by atoms with Crippen LogP contribution in [0.25, 0.3) is 0 Å². The predicted molar refractivity (Wildman–Crippen MR) is 104 cm³/mol. The van der Waals surface area contributed by atoms with Gasteiger partial charge in [-0.05, 0) is 24.6 Å². The molecule has 0 bridgehead atoms. The Bertz CT molecular complexity index is 606. The second kappa shape index (κ2) is 13.2. The molecule has 0 spiro atoms. The standard InChI is InChI=1S/C19H28ClN3O3/c1-2-3-4-5-6-7-8-9-18(25)21-14-19(26)23-22-13-15-12-16(20)10-11-17(15)24/h10-13,24H,2-9,14H2,1H3,(H,21,25)(H,23,26)/b22-13-. The molecule has 6 nitrogen and oxygen atoms in total. The summed E-state index contributed by atoms with van der Waals surface area (Å²) in [5, 5.41) is 16.4. The largest absolute Gasteiger partial charge is 0.507 e. The number of hydrogen-bond donors (Lipinski definition) is 3. The van der Waals surface area contributed by atoms with Crippen LogP contribution in [0, 0.1) is 0 Å². The highest BCUT2D eigenvalue weighted by Gasteiger charge is 2.05.